The lowest BCUT2D eigenvalue weighted by molar-refractivity contribution is -0.0900. The van der Waals surface area contributed by atoms with Gasteiger partial charge >= 0.3 is 0 Å². The van der Waals surface area contributed by atoms with Gasteiger partial charge in [-0.3, -0.25) is 0 Å². The molecule has 0 aromatic heterocycles. The zero-order valence-electron chi connectivity index (χ0n) is 14.5. The van der Waals surface area contributed by atoms with Crippen molar-refractivity contribution in [2.45, 2.75) is 60.0 Å². The van der Waals surface area contributed by atoms with Gasteiger partial charge in [0.1, 0.15) is 11.4 Å². The molecule has 0 atom stereocenters. The second-order valence-corrected chi connectivity index (χ2v) is 5.74. The minimum Gasteiger partial charge on any atom is -0.515 e. The minimum atomic E-state index is -0.265. The number of nitrogens with zero attached hydrogens (tertiary/aromatic N) is 1. The molecule has 0 heterocycles. The highest BCUT2D eigenvalue weighted by Crippen LogP contribution is 2.17. The van der Waals surface area contributed by atoms with Crippen molar-refractivity contribution >= 4 is 0 Å². The number of aliphatic hydroxyl groups is 1. The summed E-state index contributed by atoms with van der Waals surface area (Å²) in [7, 11) is 0. The fourth-order valence-corrected chi connectivity index (χ4v) is 1.37. The summed E-state index contributed by atoms with van der Waals surface area (Å²) >= 11 is 0. The van der Waals surface area contributed by atoms with Crippen LogP contribution in [0, 0.1) is 0 Å². The van der Waals surface area contributed by atoms with Crippen LogP contribution in [0.1, 0.15) is 54.4 Å². The van der Waals surface area contributed by atoms with Gasteiger partial charge in [-0.25, -0.2) is 0 Å². The number of hydrogen-bond donors (Lipinski definition) is 2. The van der Waals surface area contributed by atoms with Gasteiger partial charge in [0.05, 0.1) is 6.26 Å². The molecule has 0 amide bonds. The van der Waals surface area contributed by atoms with E-state index in [1.165, 1.54) is 11.1 Å². The van der Waals surface area contributed by atoms with E-state index < -0.39 is 0 Å². The molecule has 0 spiro atoms. The summed E-state index contributed by atoms with van der Waals surface area (Å²) in [6.07, 6.45) is 6.23. The average molecular weight is 299 g/mol. The number of rotatable bonds is 7. The van der Waals surface area contributed by atoms with Crippen LogP contribution in [-0.4, -0.2) is 34.1 Å². The largest absolute Gasteiger partial charge is 0.515 e. The highest BCUT2D eigenvalue weighted by atomic mass is 16.5. The molecule has 0 aliphatic rings. The van der Waals surface area contributed by atoms with E-state index in [-0.39, 0.29) is 5.60 Å². The van der Waals surface area contributed by atoms with E-state index in [1.54, 1.807) is 6.08 Å². The van der Waals surface area contributed by atoms with Gasteiger partial charge in [0.15, 0.2) is 0 Å². The maximum Gasteiger partial charge on any atom is 0.126 e. The van der Waals surface area contributed by atoms with E-state index >= 15 is 0 Å². The molecule has 0 aliphatic carbocycles. The maximum absolute atomic E-state index is 8.88. The van der Waals surface area contributed by atoms with Crippen LogP contribution in [0.25, 0.3) is 0 Å². The van der Waals surface area contributed by atoms with Gasteiger partial charge in [-0.1, -0.05) is 26.5 Å². The smallest absolute Gasteiger partial charge is 0.126 e. The molecule has 124 valence electrons. The van der Waals surface area contributed by atoms with Crippen LogP contribution in [0.2, 0.25) is 0 Å². The Bertz CT molecular complexity index is 321. The molecule has 0 aromatic rings. The van der Waals surface area contributed by atoms with Crippen LogP contribution < -0.4 is 0 Å². The molecular formula is C17H33NO3. The van der Waals surface area contributed by atoms with Crippen molar-refractivity contribution in [2.75, 3.05) is 13.1 Å². The number of hydrogen-bond acceptors (Lipinski definition) is 4. The first-order valence-corrected chi connectivity index (χ1v) is 7.48. The molecule has 0 saturated carbocycles. The highest BCUT2D eigenvalue weighted by Gasteiger charge is 2.13. The summed E-state index contributed by atoms with van der Waals surface area (Å²) in [6, 6.07) is 0. The molecule has 0 fully saturated rings. The zero-order valence-corrected chi connectivity index (χ0v) is 14.5. The molecule has 0 saturated heterocycles. The predicted octanol–water partition coefficient (Wildman–Crippen LogP) is 4.83. The highest BCUT2D eigenvalue weighted by molar-refractivity contribution is 5.25. The standard InChI is InChI=1S/C11H18O2.C6H15NO/c1-6-9(2)10(7-8-12)13-11(3,4)5;1-3-5-7(8)6-4-2/h6-8,12H,1H2,2-5H3;8H,3-6H2,1-2H3/b8-7-,10-9+;. The number of aliphatic hydroxyl groups excluding tert-OH is 1. The first-order chi connectivity index (χ1) is 9.71. The second-order valence-electron chi connectivity index (χ2n) is 5.74. The van der Waals surface area contributed by atoms with E-state index in [2.05, 4.69) is 20.4 Å². The quantitative estimate of drug-likeness (QED) is 0.401. The monoisotopic (exact) mass is 299 g/mol. The van der Waals surface area contributed by atoms with Gasteiger partial charge < -0.3 is 15.1 Å². The molecule has 0 aromatic carbocycles. The Labute approximate surface area is 130 Å². The summed E-state index contributed by atoms with van der Waals surface area (Å²) in [6.45, 7) is 17.1. The Morgan fingerprint density at radius 3 is 1.95 bits per heavy atom. The van der Waals surface area contributed by atoms with Crippen molar-refractivity contribution in [3.63, 3.8) is 0 Å². The zero-order chi connectivity index (χ0) is 16.9. The molecule has 21 heavy (non-hydrogen) atoms. The lowest BCUT2D eigenvalue weighted by Gasteiger charge is -2.22. The molecule has 2 N–H and O–H groups in total. The van der Waals surface area contributed by atoms with Crippen molar-refractivity contribution in [1.29, 1.82) is 0 Å². The molecule has 0 aliphatic heterocycles. The third kappa shape index (κ3) is 15.0. The lowest BCUT2D eigenvalue weighted by Crippen LogP contribution is -2.20. The van der Waals surface area contributed by atoms with Gasteiger partial charge in [0.25, 0.3) is 0 Å². The average Bonchev–Trinajstić information content (AvgIpc) is 2.37. The molecule has 0 unspecified atom stereocenters. The molecular weight excluding hydrogens is 266 g/mol. The number of ether oxygens (including phenoxy) is 1. The Kier molecular flexibility index (Phi) is 13.1. The Morgan fingerprint density at radius 2 is 1.67 bits per heavy atom. The molecule has 4 heteroatoms. The van der Waals surface area contributed by atoms with Crippen LogP contribution in [-0.2, 0) is 4.74 Å². The maximum atomic E-state index is 8.88. The normalized spacial score (nSPS) is 12.8. The minimum absolute atomic E-state index is 0.265. The first-order valence-electron chi connectivity index (χ1n) is 7.48. The predicted molar refractivity (Wildman–Crippen MR) is 89.4 cm³/mol. The van der Waals surface area contributed by atoms with E-state index in [0.29, 0.717) is 5.76 Å². The van der Waals surface area contributed by atoms with Crippen molar-refractivity contribution < 1.29 is 15.1 Å². The van der Waals surface area contributed by atoms with Gasteiger partial charge in [-0.05, 0) is 46.1 Å². The number of allylic oxidation sites excluding steroid dienone is 3. The topological polar surface area (TPSA) is 52.9 Å². The van der Waals surface area contributed by atoms with Crippen LogP contribution >= 0.6 is 0 Å². The Hall–Kier alpha value is -1.26. The van der Waals surface area contributed by atoms with E-state index in [0.717, 1.165) is 37.8 Å². The van der Waals surface area contributed by atoms with Crippen molar-refractivity contribution in [3.8, 4) is 0 Å². The Morgan fingerprint density at radius 1 is 1.19 bits per heavy atom. The van der Waals surface area contributed by atoms with E-state index in [1.807, 2.05) is 27.7 Å². The number of hydroxylamine groups is 2. The summed E-state index contributed by atoms with van der Waals surface area (Å²) < 4.78 is 5.59. The van der Waals surface area contributed by atoms with Gasteiger partial charge in [0.2, 0.25) is 0 Å². The van der Waals surface area contributed by atoms with E-state index in [4.69, 9.17) is 15.1 Å². The molecule has 0 rings (SSSR count). The van der Waals surface area contributed by atoms with Crippen molar-refractivity contribution in [1.82, 2.24) is 5.06 Å². The van der Waals surface area contributed by atoms with E-state index in [9.17, 15) is 0 Å². The van der Waals surface area contributed by atoms with Crippen LogP contribution in [0.4, 0.5) is 0 Å². The van der Waals surface area contributed by atoms with Crippen molar-refractivity contribution in [3.05, 3.63) is 36.3 Å². The van der Waals surface area contributed by atoms with Gasteiger partial charge in [-0.2, -0.15) is 5.06 Å². The van der Waals surface area contributed by atoms with Gasteiger partial charge in [0, 0.05) is 19.2 Å². The molecule has 4 nitrogen and oxygen atoms in total. The third-order valence-corrected chi connectivity index (χ3v) is 2.30. The molecule has 0 bridgehead atoms. The third-order valence-electron chi connectivity index (χ3n) is 2.30. The van der Waals surface area contributed by atoms with Crippen LogP contribution in [0.5, 0.6) is 0 Å². The first kappa shape index (κ1) is 22.0. The fraction of sp³-hybridized carbons (Fsp3) is 0.647. The van der Waals surface area contributed by atoms with Crippen LogP contribution in [0.15, 0.2) is 36.3 Å². The fourth-order valence-electron chi connectivity index (χ4n) is 1.37. The molecule has 0 radical (unpaired) electrons. The second kappa shape index (κ2) is 12.5. The summed E-state index contributed by atoms with van der Waals surface area (Å²) in [4.78, 5) is 0. The SMILES string of the molecule is C=C/C(C)=C(\C=C/O)OC(C)(C)C.CCCN(O)CCC. The summed E-state index contributed by atoms with van der Waals surface area (Å²) in [5.41, 5.74) is 0.638. The summed E-state index contributed by atoms with van der Waals surface area (Å²) in [5, 5.41) is 18.9. The van der Waals surface area contributed by atoms with Crippen LogP contribution in [0.3, 0.4) is 0 Å². The summed E-state index contributed by atoms with van der Waals surface area (Å²) in [5.74, 6) is 0.644. The Balaban J connectivity index is 0. The van der Waals surface area contributed by atoms with Crippen molar-refractivity contribution in [2.24, 2.45) is 0 Å². The van der Waals surface area contributed by atoms with Gasteiger partial charge in [-0.15, -0.1) is 0 Å². The lowest BCUT2D eigenvalue weighted by atomic mass is 10.1.